The second-order valence-electron chi connectivity index (χ2n) is 4.44. The van der Waals surface area contributed by atoms with E-state index >= 15 is 0 Å². The molecule has 0 saturated carbocycles. The molecule has 0 radical (unpaired) electrons. The number of anilines is 2. The molecule has 2 aromatic heterocycles. The first-order chi connectivity index (χ1) is 9.08. The molecule has 0 fully saturated rings. The van der Waals surface area contributed by atoms with Crippen molar-refractivity contribution in [2.45, 2.75) is 6.92 Å². The van der Waals surface area contributed by atoms with Crippen LogP contribution in [0.3, 0.4) is 0 Å². The van der Waals surface area contributed by atoms with Crippen molar-refractivity contribution >= 4 is 17.5 Å². The van der Waals surface area contributed by atoms with Gasteiger partial charge in [-0.15, -0.1) is 0 Å². The lowest BCUT2D eigenvalue weighted by Gasteiger charge is -2.15. The average molecular weight is 256 g/mol. The first-order valence-corrected chi connectivity index (χ1v) is 5.94. The molecule has 2 rings (SSSR count). The maximum atomic E-state index is 12.2. The van der Waals surface area contributed by atoms with Crippen LogP contribution in [0.1, 0.15) is 15.9 Å². The van der Waals surface area contributed by atoms with Crippen LogP contribution in [0.5, 0.6) is 0 Å². The molecule has 0 atom stereocenters. The predicted octanol–water partition coefficient (Wildman–Crippen LogP) is 2.10. The minimum Gasteiger partial charge on any atom is -0.362 e. The summed E-state index contributed by atoms with van der Waals surface area (Å²) < 4.78 is 0. The van der Waals surface area contributed by atoms with Crippen LogP contribution in [-0.2, 0) is 0 Å². The van der Waals surface area contributed by atoms with Crippen molar-refractivity contribution in [2.75, 3.05) is 24.3 Å². The van der Waals surface area contributed by atoms with Crippen molar-refractivity contribution in [3.8, 4) is 0 Å². The molecule has 2 heterocycles. The van der Waals surface area contributed by atoms with Crippen LogP contribution in [0.15, 0.2) is 36.7 Å². The highest BCUT2D eigenvalue weighted by Gasteiger charge is 2.14. The molecule has 2 aromatic rings. The molecular formula is C14H16N4O. The van der Waals surface area contributed by atoms with Gasteiger partial charge < -0.3 is 10.2 Å². The number of amides is 1. The lowest BCUT2D eigenvalue weighted by atomic mass is 10.2. The van der Waals surface area contributed by atoms with Gasteiger partial charge in [0, 0.05) is 26.5 Å². The molecule has 98 valence electrons. The number of carbonyl (C=O) groups is 1. The molecule has 1 amide bonds. The Bertz CT molecular complexity index is 596. The van der Waals surface area contributed by atoms with Crippen LogP contribution in [0.2, 0.25) is 0 Å². The van der Waals surface area contributed by atoms with Gasteiger partial charge in [0.25, 0.3) is 5.91 Å². The average Bonchev–Trinajstić information content (AvgIpc) is 2.38. The summed E-state index contributed by atoms with van der Waals surface area (Å²) in [5.74, 6) is 0.959. The minimum absolute atomic E-state index is 0.213. The Labute approximate surface area is 112 Å². The maximum absolute atomic E-state index is 12.2. The number of aryl methyl sites for hydroxylation is 1. The molecule has 0 spiro atoms. The van der Waals surface area contributed by atoms with Gasteiger partial charge in [0.2, 0.25) is 0 Å². The normalized spacial score (nSPS) is 10.1. The Morgan fingerprint density at radius 1 is 1.21 bits per heavy atom. The fourth-order valence-electron chi connectivity index (χ4n) is 1.72. The van der Waals surface area contributed by atoms with E-state index in [0.717, 1.165) is 5.56 Å². The fraction of sp³-hybridized carbons (Fsp3) is 0.214. The Balaban J connectivity index is 2.25. The van der Waals surface area contributed by atoms with E-state index in [-0.39, 0.29) is 5.91 Å². The number of nitrogens with one attached hydrogen (secondary N) is 1. The highest BCUT2D eigenvalue weighted by Crippen LogP contribution is 2.16. The zero-order chi connectivity index (χ0) is 13.8. The first kappa shape index (κ1) is 13.0. The van der Waals surface area contributed by atoms with Crippen LogP contribution < -0.4 is 10.2 Å². The molecule has 0 aromatic carbocycles. The lowest BCUT2D eigenvalue weighted by Crippen LogP contribution is -2.20. The van der Waals surface area contributed by atoms with Crippen LogP contribution in [0, 0.1) is 6.92 Å². The Morgan fingerprint density at radius 3 is 2.68 bits per heavy atom. The summed E-state index contributed by atoms with van der Waals surface area (Å²) in [5, 5.41) is 2.78. The number of carbonyl (C=O) groups excluding carboxylic acids is 1. The van der Waals surface area contributed by atoms with Gasteiger partial charge in [-0.1, -0.05) is 0 Å². The summed E-state index contributed by atoms with van der Waals surface area (Å²) in [6.45, 7) is 1.95. The Morgan fingerprint density at radius 2 is 2.00 bits per heavy atom. The third-order valence-corrected chi connectivity index (χ3v) is 2.61. The number of hydrogen-bond acceptors (Lipinski definition) is 4. The summed E-state index contributed by atoms with van der Waals surface area (Å²) >= 11 is 0. The van der Waals surface area contributed by atoms with E-state index in [1.165, 1.54) is 0 Å². The topological polar surface area (TPSA) is 58.1 Å². The summed E-state index contributed by atoms with van der Waals surface area (Å²) in [6.07, 6.45) is 3.33. The Hall–Kier alpha value is -2.43. The summed E-state index contributed by atoms with van der Waals surface area (Å²) in [5.41, 5.74) is 1.57. The van der Waals surface area contributed by atoms with Gasteiger partial charge in [0.05, 0.1) is 5.56 Å². The van der Waals surface area contributed by atoms with Gasteiger partial charge in [-0.25, -0.2) is 9.97 Å². The molecule has 0 aliphatic rings. The molecule has 0 aliphatic carbocycles. The molecule has 0 bridgehead atoms. The van der Waals surface area contributed by atoms with Crippen molar-refractivity contribution in [1.82, 2.24) is 9.97 Å². The zero-order valence-corrected chi connectivity index (χ0v) is 11.2. The van der Waals surface area contributed by atoms with Crippen molar-refractivity contribution in [3.63, 3.8) is 0 Å². The van der Waals surface area contributed by atoms with Crippen molar-refractivity contribution in [3.05, 3.63) is 47.8 Å². The highest BCUT2D eigenvalue weighted by atomic mass is 16.1. The van der Waals surface area contributed by atoms with E-state index < -0.39 is 0 Å². The number of pyridine rings is 2. The molecule has 5 heteroatoms. The molecule has 5 nitrogen and oxygen atoms in total. The van der Waals surface area contributed by atoms with Gasteiger partial charge in [-0.2, -0.15) is 0 Å². The third-order valence-electron chi connectivity index (χ3n) is 2.61. The summed E-state index contributed by atoms with van der Waals surface area (Å²) in [4.78, 5) is 22.4. The first-order valence-electron chi connectivity index (χ1n) is 5.94. The number of rotatable bonds is 3. The molecule has 0 saturated heterocycles. The second-order valence-corrected chi connectivity index (χ2v) is 4.44. The van der Waals surface area contributed by atoms with E-state index in [4.69, 9.17) is 0 Å². The van der Waals surface area contributed by atoms with Gasteiger partial charge >= 0.3 is 0 Å². The minimum atomic E-state index is -0.213. The number of aromatic nitrogens is 2. The van der Waals surface area contributed by atoms with Crippen molar-refractivity contribution < 1.29 is 4.79 Å². The predicted molar refractivity (Wildman–Crippen MR) is 75.5 cm³/mol. The van der Waals surface area contributed by atoms with Crippen LogP contribution in [-0.4, -0.2) is 30.0 Å². The van der Waals surface area contributed by atoms with Crippen LogP contribution in [0.4, 0.5) is 11.6 Å². The van der Waals surface area contributed by atoms with Gasteiger partial charge in [-0.3, -0.25) is 4.79 Å². The third kappa shape index (κ3) is 3.07. The van der Waals surface area contributed by atoms with E-state index in [9.17, 15) is 4.79 Å². The molecular weight excluding hydrogens is 240 g/mol. The summed E-state index contributed by atoms with van der Waals surface area (Å²) in [6, 6.07) is 7.19. The van der Waals surface area contributed by atoms with E-state index in [1.807, 2.05) is 33.2 Å². The zero-order valence-electron chi connectivity index (χ0n) is 11.2. The molecule has 1 N–H and O–H groups in total. The van der Waals surface area contributed by atoms with Gasteiger partial charge in [-0.05, 0) is 36.8 Å². The standard InChI is InChI=1S/C14H16N4O/c1-10-6-8-15-12(9-10)17-14(19)11-5-4-7-16-13(11)18(2)3/h4-9H,1-3H3,(H,15,17,19). The van der Waals surface area contributed by atoms with Gasteiger partial charge in [0.15, 0.2) is 0 Å². The fourth-order valence-corrected chi connectivity index (χ4v) is 1.72. The quantitative estimate of drug-likeness (QED) is 0.913. The van der Waals surface area contributed by atoms with Crippen molar-refractivity contribution in [1.29, 1.82) is 0 Å². The van der Waals surface area contributed by atoms with E-state index in [0.29, 0.717) is 17.2 Å². The lowest BCUT2D eigenvalue weighted by molar-refractivity contribution is 0.102. The maximum Gasteiger partial charge on any atom is 0.260 e. The summed E-state index contributed by atoms with van der Waals surface area (Å²) in [7, 11) is 3.70. The largest absolute Gasteiger partial charge is 0.362 e. The van der Waals surface area contributed by atoms with E-state index in [2.05, 4.69) is 15.3 Å². The molecule has 0 unspecified atom stereocenters. The number of nitrogens with zero attached hydrogens (tertiary/aromatic N) is 3. The molecule has 19 heavy (non-hydrogen) atoms. The smallest absolute Gasteiger partial charge is 0.260 e. The molecule has 0 aliphatic heterocycles. The monoisotopic (exact) mass is 256 g/mol. The van der Waals surface area contributed by atoms with E-state index in [1.54, 1.807) is 29.4 Å². The number of hydrogen-bond donors (Lipinski definition) is 1. The second kappa shape index (κ2) is 5.48. The van der Waals surface area contributed by atoms with Gasteiger partial charge in [0.1, 0.15) is 11.6 Å². The van der Waals surface area contributed by atoms with Crippen LogP contribution in [0.25, 0.3) is 0 Å². The SMILES string of the molecule is Cc1ccnc(NC(=O)c2cccnc2N(C)C)c1. The van der Waals surface area contributed by atoms with Crippen molar-refractivity contribution in [2.24, 2.45) is 0 Å². The van der Waals surface area contributed by atoms with Crippen LogP contribution >= 0.6 is 0 Å². The highest BCUT2D eigenvalue weighted by molar-refractivity contribution is 6.07. The Kier molecular flexibility index (Phi) is 3.75.